The maximum atomic E-state index is 11.6. The van der Waals surface area contributed by atoms with Crippen molar-refractivity contribution < 1.29 is 8.78 Å². The highest BCUT2D eigenvalue weighted by Crippen LogP contribution is 2.12. The molecule has 0 aromatic carbocycles. The van der Waals surface area contributed by atoms with E-state index in [1.54, 1.807) is 0 Å². The largest absolute Gasteiger partial charge is 0.282 e. The summed E-state index contributed by atoms with van der Waals surface area (Å²) in [6, 6.07) is 1.12. The highest BCUT2D eigenvalue weighted by Gasteiger charge is 2.06. The maximum absolute atomic E-state index is 11.6. The second-order valence-corrected chi connectivity index (χ2v) is 1.35. The van der Waals surface area contributed by atoms with Crippen molar-refractivity contribution >= 4 is 0 Å². The van der Waals surface area contributed by atoms with Gasteiger partial charge in [-0.15, -0.1) is 10.2 Å². The second-order valence-electron chi connectivity index (χ2n) is 1.35. The summed E-state index contributed by atoms with van der Waals surface area (Å²) >= 11 is 0. The predicted octanol–water partition coefficient (Wildman–Crippen LogP) is 0.809. The number of alkyl halides is 2. The second kappa shape index (κ2) is 2.43. The average molecular weight is 131 g/mol. The van der Waals surface area contributed by atoms with Crippen LogP contribution in [-0.4, -0.2) is 15.4 Å². The first-order valence-electron chi connectivity index (χ1n) is 2.23. The van der Waals surface area contributed by atoms with Crippen molar-refractivity contribution in [1.29, 1.82) is 0 Å². The number of nitrogens with zero attached hydrogens (tertiary/aromatic N) is 3. The molecule has 0 aliphatic heterocycles. The zero-order valence-corrected chi connectivity index (χ0v) is 4.33. The summed E-state index contributed by atoms with van der Waals surface area (Å²) in [4.78, 5) is 0. The Morgan fingerprint density at radius 1 is 1.44 bits per heavy atom. The van der Waals surface area contributed by atoms with Gasteiger partial charge in [-0.25, -0.2) is 8.78 Å². The van der Waals surface area contributed by atoms with Gasteiger partial charge in [-0.05, 0) is 11.3 Å². The third kappa shape index (κ3) is 1.38. The summed E-state index contributed by atoms with van der Waals surface area (Å²) in [7, 11) is 0. The minimum absolute atomic E-state index is 0.343. The lowest BCUT2D eigenvalue weighted by atomic mass is 10.4. The van der Waals surface area contributed by atoms with Gasteiger partial charge in [-0.2, -0.15) is 0 Å². The van der Waals surface area contributed by atoms with Crippen LogP contribution in [0.1, 0.15) is 12.1 Å². The normalized spacial score (nSPS) is 10.1. The van der Waals surface area contributed by atoms with Crippen LogP contribution >= 0.6 is 0 Å². The van der Waals surface area contributed by atoms with Crippen molar-refractivity contribution in [3.8, 4) is 0 Å². The van der Waals surface area contributed by atoms with E-state index in [0.717, 1.165) is 6.07 Å². The van der Waals surface area contributed by atoms with Crippen LogP contribution < -0.4 is 0 Å². The number of hydrogen-bond donors (Lipinski definition) is 0. The van der Waals surface area contributed by atoms with Gasteiger partial charge in [-0.1, -0.05) is 0 Å². The minimum Gasteiger partial charge on any atom is -0.203 e. The third-order valence-electron chi connectivity index (χ3n) is 0.747. The van der Waals surface area contributed by atoms with Gasteiger partial charge in [0.05, 0.1) is 6.20 Å². The predicted molar refractivity (Wildman–Crippen MR) is 24.8 cm³/mol. The van der Waals surface area contributed by atoms with Crippen molar-refractivity contribution in [3.63, 3.8) is 0 Å². The molecular formula is C4H3F2N3. The first kappa shape index (κ1) is 6.00. The van der Waals surface area contributed by atoms with Gasteiger partial charge in [-0.3, -0.25) is 0 Å². The van der Waals surface area contributed by atoms with Crippen molar-refractivity contribution in [2.24, 2.45) is 0 Å². The van der Waals surface area contributed by atoms with Crippen LogP contribution in [0.25, 0.3) is 0 Å². The monoisotopic (exact) mass is 131 g/mol. The summed E-state index contributed by atoms with van der Waals surface area (Å²) in [6.07, 6.45) is -1.38. The lowest BCUT2D eigenvalue weighted by Crippen LogP contribution is -1.93. The van der Waals surface area contributed by atoms with Crippen LogP contribution in [0.4, 0.5) is 8.78 Å². The Morgan fingerprint density at radius 3 is 2.56 bits per heavy atom. The van der Waals surface area contributed by atoms with Crippen molar-refractivity contribution in [3.05, 3.63) is 18.0 Å². The molecule has 0 aliphatic rings. The van der Waals surface area contributed by atoms with Gasteiger partial charge in [0.2, 0.25) is 0 Å². The standard InChI is InChI=1S/C4H3F2N3/c5-4(6)3-1-2-7-9-8-3/h1-2,4H. The fraction of sp³-hybridized carbons (Fsp3) is 0.250. The average Bonchev–Trinajstić information content (AvgIpc) is 1.90. The van der Waals surface area contributed by atoms with E-state index in [1.165, 1.54) is 6.20 Å². The molecule has 0 radical (unpaired) electrons. The molecule has 0 unspecified atom stereocenters. The van der Waals surface area contributed by atoms with E-state index in [0.29, 0.717) is 0 Å². The minimum atomic E-state index is -2.56. The molecule has 0 N–H and O–H groups in total. The first-order chi connectivity index (χ1) is 4.30. The van der Waals surface area contributed by atoms with Crippen molar-refractivity contribution in [1.82, 2.24) is 15.4 Å². The molecule has 48 valence electrons. The first-order valence-corrected chi connectivity index (χ1v) is 2.23. The maximum Gasteiger partial charge on any atom is 0.282 e. The molecule has 1 rings (SSSR count). The molecular weight excluding hydrogens is 128 g/mol. The number of hydrogen-bond acceptors (Lipinski definition) is 3. The molecule has 1 aromatic rings. The molecule has 0 atom stereocenters. The lowest BCUT2D eigenvalue weighted by Gasteiger charge is -1.91. The van der Waals surface area contributed by atoms with Gasteiger partial charge in [0.1, 0.15) is 5.69 Å². The molecule has 0 amide bonds. The highest BCUT2D eigenvalue weighted by atomic mass is 19.3. The van der Waals surface area contributed by atoms with Crippen molar-refractivity contribution in [2.75, 3.05) is 0 Å². The SMILES string of the molecule is FC(F)c1ccnnn1. The van der Waals surface area contributed by atoms with Crippen LogP contribution in [-0.2, 0) is 0 Å². The smallest absolute Gasteiger partial charge is 0.203 e. The Bertz CT molecular complexity index is 176. The van der Waals surface area contributed by atoms with E-state index in [-0.39, 0.29) is 5.69 Å². The summed E-state index contributed by atoms with van der Waals surface area (Å²) in [5, 5.41) is 9.33. The Labute approximate surface area is 49.7 Å². The topological polar surface area (TPSA) is 38.7 Å². The summed E-state index contributed by atoms with van der Waals surface area (Å²) in [5.41, 5.74) is -0.343. The van der Waals surface area contributed by atoms with Crippen LogP contribution in [0, 0.1) is 0 Å². The molecule has 3 nitrogen and oxygen atoms in total. The summed E-state index contributed by atoms with van der Waals surface area (Å²) in [5.74, 6) is 0. The Balaban J connectivity index is 2.85. The van der Waals surface area contributed by atoms with Crippen LogP contribution in [0.5, 0.6) is 0 Å². The van der Waals surface area contributed by atoms with Gasteiger partial charge in [0.25, 0.3) is 6.43 Å². The van der Waals surface area contributed by atoms with E-state index >= 15 is 0 Å². The quantitative estimate of drug-likeness (QED) is 0.566. The summed E-state index contributed by atoms with van der Waals surface area (Å²) in [6.45, 7) is 0. The Hall–Kier alpha value is -1.13. The Morgan fingerprint density at radius 2 is 2.22 bits per heavy atom. The van der Waals surface area contributed by atoms with Gasteiger partial charge in [0, 0.05) is 0 Å². The fourth-order valence-electron chi connectivity index (χ4n) is 0.367. The highest BCUT2D eigenvalue weighted by molar-refractivity contribution is 4.95. The van der Waals surface area contributed by atoms with E-state index in [9.17, 15) is 8.78 Å². The van der Waals surface area contributed by atoms with E-state index in [2.05, 4.69) is 15.4 Å². The van der Waals surface area contributed by atoms with Crippen molar-refractivity contribution in [2.45, 2.75) is 6.43 Å². The zero-order chi connectivity index (χ0) is 6.69. The molecule has 0 aliphatic carbocycles. The molecule has 5 heteroatoms. The number of halogens is 2. The molecule has 0 saturated heterocycles. The van der Waals surface area contributed by atoms with E-state index < -0.39 is 6.43 Å². The van der Waals surface area contributed by atoms with Crippen LogP contribution in [0.15, 0.2) is 12.3 Å². The molecule has 1 aromatic heterocycles. The Kier molecular flexibility index (Phi) is 1.62. The van der Waals surface area contributed by atoms with E-state index in [4.69, 9.17) is 0 Å². The summed E-state index contributed by atoms with van der Waals surface area (Å²) < 4.78 is 23.3. The van der Waals surface area contributed by atoms with E-state index in [1.807, 2.05) is 0 Å². The molecule has 0 fully saturated rings. The van der Waals surface area contributed by atoms with Gasteiger partial charge in [0.15, 0.2) is 0 Å². The molecule has 0 saturated carbocycles. The van der Waals surface area contributed by atoms with Gasteiger partial charge >= 0.3 is 0 Å². The number of rotatable bonds is 1. The lowest BCUT2D eigenvalue weighted by molar-refractivity contribution is 0.144. The fourth-order valence-corrected chi connectivity index (χ4v) is 0.367. The van der Waals surface area contributed by atoms with Crippen LogP contribution in [0.3, 0.4) is 0 Å². The molecule has 0 bridgehead atoms. The molecule has 0 spiro atoms. The van der Waals surface area contributed by atoms with Crippen LogP contribution in [0.2, 0.25) is 0 Å². The molecule has 1 heterocycles. The number of aromatic nitrogens is 3. The van der Waals surface area contributed by atoms with Gasteiger partial charge < -0.3 is 0 Å². The zero-order valence-electron chi connectivity index (χ0n) is 4.33. The molecule has 9 heavy (non-hydrogen) atoms. The third-order valence-corrected chi connectivity index (χ3v) is 0.747.